The lowest BCUT2D eigenvalue weighted by Gasteiger charge is -2.05. The first-order valence-electron chi connectivity index (χ1n) is 4.46. The topological polar surface area (TPSA) is 25.8 Å². The number of aryl methyl sites for hydroxylation is 4. The van der Waals surface area contributed by atoms with Crippen molar-refractivity contribution in [2.45, 2.75) is 40.5 Å². The van der Waals surface area contributed by atoms with Crippen LogP contribution in [0.25, 0.3) is 0 Å². The summed E-state index contributed by atoms with van der Waals surface area (Å²) in [5.41, 5.74) is 4.34. The Morgan fingerprint density at radius 3 is 2.08 bits per heavy atom. The molecular weight excluding hydrogens is 148 g/mol. The van der Waals surface area contributed by atoms with Crippen molar-refractivity contribution in [3.8, 4) is 0 Å². The molecule has 0 saturated heterocycles. The van der Waals surface area contributed by atoms with Gasteiger partial charge in [-0.25, -0.2) is 0 Å². The van der Waals surface area contributed by atoms with Crippen LogP contribution < -0.4 is 0 Å². The third-order valence-corrected chi connectivity index (χ3v) is 2.07. The number of hydrogen-bond acceptors (Lipinski definition) is 2. The van der Waals surface area contributed by atoms with Crippen LogP contribution in [0.2, 0.25) is 0 Å². The molecule has 0 fully saturated rings. The summed E-state index contributed by atoms with van der Waals surface area (Å²) in [4.78, 5) is 8.93. The second-order valence-corrected chi connectivity index (χ2v) is 3.18. The standard InChI is InChI=1S/C10H16N2/c1-5-6-10-9(4)11-7(2)8(3)12-10/h5-6H2,1-4H3. The van der Waals surface area contributed by atoms with E-state index in [1.807, 2.05) is 20.8 Å². The van der Waals surface area contributed by atoms with Crippen LogP contribution in [0.5, 0.6) is 0 Å². The smallest absolute Gasteiger partial charge is 0.0619 e. The summed E-state index contributed by atoms with van der Waals surface area (Å²) >= 11 is 0. The molecule has 12 heavy (non-hydrogen) atoms. The molecule has 0 atom stereocenters. The third-order valence-electron chi connectivity index (χ3n) is 2.07. The summed E-state index contributed by atoms with van der Waals surface area (Å²) in [6.45, 7) is 8.22. The molecule has 0 aliphatic carbocycles. The highest BCUT2D eigenvalue weighted by Gasteiger charge is 2.03. The van der Waals surface area contributed by atoms with Gasteiger partial charge < -0.3 is 0 Å². The molecule has 0 aliphatic rings. The van der Waals surface area contributed by atoms with Gasteiger partial charge >= 0.3 is 0 Å². The van der Waals surface area contributed by atoms with Gasteiger partial charge in [-0.2, -0.15) is 0 Å². The lowest BCUT2D eigenvalue weighted by molar-refractivity contribution is 0.831. The van der Waals surface area contributed by atoms with Crippen LogP contribution in [0.3, 0.4) is 0 Å². The van der Waals surface area contributed by atoms with Crippen molar-refractivity contribution in [3.05, 3.63) is 22.8 Å². The Morgan fingerprint density at radius 1 is 0.917 bits per heavy atom. The van der Waals surface area contributed by atoms with Gasteiger partial charge in [-0.15, -0.1) is 0 Å². The first-order chi connectivity index (χ1) is 5.65. The molecule has 0 bridgehead atoms. The van der Waals surface area contributed by atoms with Gasteiger partial charge in [-0.3, -0.25) is 9.97 Å². The quantitative estimate of drug-likeness (QED) is 0.670. The van der Waals surface area contributed by atoms with Gasteiger partial charge in [-0.1, -0.05) is 13.3 Å². The first kappa shape index (κ1) is 9.17. The molecule has 0 unspecified atom stereocenters. The number of hydrogen-bond donors (Lipinski definition) is 0. The van der Waals surface area contributed by atoms with Gasteiger partial charge in [0.15, 0.2) is 0 Å². The molecular formula is C10H16N2. The number of rotatable bonds is 2. The minimum absolute atomic E-state index is 1.04. The molecule has 66 valence electrons. The fourth-order valence-corrected chi connectivity index (χ4v) is 1.23. The zero-order valence-corrected chi connectivity index (χ0v) is 8.31. The second kappa shape index (κ2) is 3.65. The minimum Gasteiger partial charge on any atom is -0.255 e. The van der Waals surface area contributed by atoms with Crippen LogP contribution in [0.15, 0.2) is 0 Å². The average Bonchev–Trinajstić information content (AvgIpc) is 2.01. The zero-order valence-electron chi connectivity index (χ0n) is 8.31. The molecule has 2 heteroatoms. The Hall–Kier alpha value is -0.920. The van der Waals surface area contributed by atoms with Crippen molar-refractivity contribution >= 4 is 0 Å². The molecule has 1 aromatic rings. The highest BCUT2D eigenvalue weighted by molar-refractivity contribution is 5.17. The first-order valence-corrected chi connectivity index (χ1v) is 4.46. The van der Waals surface area contributed by atoms with Gasteiger partial charge in [0.05, 0.1) is 22.8 Å². The Bertz CT molecular complexity index is 279. The van der Waals surface area contributed by atoms with Crippen LogP contribution >= 0.6 is 0 Å². The van der Waals surface area contributed by atoms with Crippen LogP contribution in [-0.2, 0) is 6.42 Å². The van der Waals surface area contributed by atoms with Crippen molar-refractivity contribution in [1.82, 2.24) is 9.97 Å². The molecule has 1 heterocycles. The predicted molar refractivity (Wildman–Crippen MR) is 50.2 cm³/mol. The molecule has 1 rings (SSSR count). The normalized spacial score (nSPS) is 10.3. The molecule has 0 amide bonds. The molecule has 0 aliphatic heterocycles. The summed E-state index contributed by atoms with van der Waals surface area (Å²) in [6.07, 6.45) is 2.18. The van der Waals surface area contributed by atoms with E-state index in [-0.39, 0.29) is 0 Å². The SMILES string of the molecule is CCCc1nc(C)c(C)nc1C. The molecule has 0 aromatic carbocycles. The largest absolute Gasteiger partial charge is 0.255 e. The van der Waals surface area contributed by atoms with Crippen molar-refractivity contribution in [3.63, 3.8) is 0 Å². The van der Waals surface area contributed by atoms with Gasteiger partial charge in [-0.05, 0) is 27.2 Å². The third kappa shape index (κ3) is 1.81. The maximum Gasteiger partial charge on any atom is 0.0619 e. The lowest BCUT2D eigenvalue weighted by atomic mass is 10.2. The van der Waals surface area contributed by atoms with Gasteiger partial charge in [0.2, 0.25) is 0 Å². The Balaban J connectivity index is 3.05. The molecule has 0 radical (unpaired) electrons. The van der Waals surface area contributed by atoms with Crippen LogP contribution in [0.1, 0.15) is 36.1 Å². The van der Waals surface area contributed by atoms with Crippen molar-refractivity contribution in [2.24, 2.45) is 0 Å². The maximum absolute atomic E-state index is 4.50. The average molecular weight is 164 g/mol. The zero-order chi connectivity index (χ0) is 9.14. The van der Waals surface area contributed by atoms with Gasteiger partial charge in [0, 0.05) is 0 Å². The highest BCUT2D eigenvalue weighted by Crippen LogP contribution is 2.08. The fraction of sp³-hybridized carbons (Fsp3) is 0.600. The van der Waals surface area contributed by atoms with Crippen molar-refractivity contribution in [2.75, 3.05) is 0 Å². The Morgan fingerprint density at radius 2 is 1.50 bits per heavy atom. The van der Waals surface area contributed by atoms with Crippen LogP contribution in [-0.4, -0.2) is 9.97 Å². The Kier molecular flexibility index (Phi) is 2.79. The predicted octanol–water partition coefficient (Wildman–Crippen LogP) is 2.35. The summed E-state index contributed by atoms with van der Waals surface area (Å²) in [7, 11) is 0. The summed E-state index contributed by atoms with van der Waals surface area (Å²) < 4.78 is 0. The fourth-order valence-electron chi connectivity index (χ4n) is 1.23. The van der Waals surface area contributed by atoms with Crippen LogP contribution in [0, 0.1) is 20.8 Å². The van der Waals surface area contributed by atoms with E-state index in [2.05, 4.69) is 16.9 Å². The summed E-state index contributed by atoms with van der Waals surface area (Å²) in [5.74, 6) is 0. The molecule has 1 aromatic heterocycles. The molecule has 0 N–H and O–H groups in total. The van der Waals surface area contributed by atoms with E-state index in [4.69, 9.17) is 0 Å². The van der Waals surface area contributed by atoms with E-state index in [1.165, 1.54) is 0 Å². The number of aromatic nitrogens is 2. The van der Waals surface area contributed by atoms with E-state index >= 15 is 0 Å². The minimum atomic E-state index is 1.04. The van der Waals surface area contributed by atoms with E-state index < -0.39 is 0 Å². The van der Waals surface area contributed by atoms with E-state index in [0.717, 1.165) is 35.6 Å². The highest BCUT2D eigenvalue weighted by atomic mass is 14.8. The van der Waals surface area contributed by atoms with Crippen LogP contribution in [0.4, 0.5) is 0 Å². The second-order valence-electron chi connectivity index (χ2n) is 3.18. The molecule has 0 spiro atoms. The lowest BCUT2D eigenvalue weighted by Crippen LogP contribution is -2.02. The monoisotopic (exact) mass is 164 g/mol. The summed E-state index contributed by atoms with van der Waals surface area (Å²) in [6, 6.07) is 0. The van der Waals surface area contributed by atoms with Gasteiger partial charge in [0.1, 0.15) is 0 Å². The van der Waals surface area contributed by atoms with Gasteiger partial charge in [0.25, 0.3) is 0 Å². The van der Waals surface area contributed by atoms with Crippen molar-refractivity contribution < 1.29 is 0 Å². The van der Waals surface area contributed by atoms with Crippen molar-refractivity contribution in [1.29, 1.82) is 0 Å². The maximum atomic E-state index is 4.50. The molecule has 0 saturated carbocycles. The summed E-state index contributed by atoms with van der Waals surface area (Å²) in [5, 5.41) is 0. The van der Waals surface area contributed by atoms with E-state index in [1.54, 1.807) is 0 Å². The number of nitrogens with zero attached hydrogens (tertiary/aromatic N) is 2. The Labute approximate surface area is 74.1 Å². The van der Waals surface area contributed by atoms with E-state index in [9.17, 15) is 0 Å². The van der Waals surface area contributed by atoms with E-state index in [0.29, 0.717) is 0 Å². The molecule has 2 nitrogen and oxygen atoms in total.